The molecule has 0 radical (unpaired) electrons. The Morgan fingerprint density at radius 2 is 1.73 bits per heavy atom. The van der Waals surface area contributed by atoms with Gasteiger partial charge in [-0.25, -0.2) is 0 Å². The maximum atomic E-state index is 12.2. The SMILES string of the molecule is O=C(CC[NH2+]C1CCCCCCC1)Nc1ccc(N2CCCC2=O)cc1. The second-order valence-electron chi connectivity index (χ2n) is 7.62. The largest absolute Gasteiger partial charge is 0.343 e. The van der Waals surface area contributed by atoms with Crippen molar-refractivity contribution in [1.29, 1.82) is 0 Å². The van der Waals surface area contributed by atoms with Crippen LogP contribution in [0.3, 0.4) is 0 Å². The van der Waals surface area contributed by atoms with Crippen molar-refractivity contribution < 1.29 is 14.9 Å². The quantitative estimate of drug-likeness (QED) is 0.821. The predicted molar refractivity (Wildman–Crippen MR) is 104 cm³/mol. The number of anilines is 2. The summed E-state index contributed by atoms with van der Waals surface area (Å²) in [5.74, 6) is 0.253. The van der Waals surface area contributed by atoms with E-state index in [2.05, 4.69) is 10.6 Å². The average Bonchev–Trinajstić information content (AvgIpc) is 3.03. The molecule has 1 aromatic rings. The summed E-state index contributed by atoms with van der Waals surface area (Å²) in [7, 11) is 0. The first kappa shape index (κ1) is 18.9. The lowest BCUT2D eigenvalue weighted by atomic mass is 9.97. The molecule has 0 bridgehead atoms. The third-order valence-corrected chi connectivity index (χ3v) is 5.56. The van der Waals surface area contributed by atoms with Crippen LogP contribution in [0.5, 0.6) is 0 Å². The zero-order chi connectivity index (χ0) is 18.2. The Morgan fingerprint density at radius 3 is 2.38 bits per heavy atom. The first-order valence-electron chi connectivity index (χ1n) is 10.3. The number of nitrogens with one attached hydrogen (secondary N) is 1. The van der Waals surface area contributed by atoms with Crippen LogP contribution in [0.2, 0.25) is 0 Å². The third-order valence-electron chi connectivity index (χ3n) is 5.56. The molecule has 1 aliphatic carbocycles. The molecule has 0 unspecified atom stereocenters. The van der Waals surface area contributed by atoms with Gasteiger partial charge in [0.15, 0.2) is 0 Å². The van der Waals surface area contributed by atoms with Crippen LogP contribution in [0.15, 0.2) is 24.3 Å². The highest BCUT2D eigenvalue weighted by molar-refractivity contribution is 5.96. The van der Waals surface area contributed by atoms with E-state index in [1.165, 1.54) is 44.9 Å². The Kier molecular flexibility index (Phi) is 7.06. The highest BCUT2D eigenvalue weighted by Gasteiger charge is 2.21. The second kappa shape index (κ2) is 9.72. The van der Waals surface area contributed by atoms with Crippen LogP contribution in [-0.2, 0) is 9.59 Å². The minimum absolute atomic E-state index is 0.0668. The number of hydrogen-bond donors (Lipinski definition) is 2. The summed E-state index contributed by atoms with van der Waals surface area (Å²) >= 11 is 0. The number of hydrogen-bond acceptors (Lipinski definition) is 2. The molecule has 1 heterocycles. The van der Waals surface area contributed by atoms with Gasteiger partial charge in [0.05, 0.1) is 19.0 Å². The van der Waals surface area contributed by atoms with Crippen molar-refractivity contribution in [3.63, 3.8) is 0 Å². The van der Waals surface area contributed by atoms with Gasteiger partial charge in [-0.2, -0.15) is 0 Å². The van der Waals surface area contributed by atoms with E-state index in [0.29, 0.717) is 18.9 Å². The molecule has 5 nitrogen and oxygen atoms in total. The minimum atomic E-state index is 0.0668. The number of rotatable bonds is 6. The first-order valence-corrected chi connectivity index (χ1v) is 10.3. The van der Waals surface area contributed by atoms with Gasteiger partial charge in [-0.1, -0.05) is 19.3 Å². The zero-order valence-electron chi connectivity index (χ0n) is 15.7. The molecular formula is C21H32N3O2+. The molecule has 1 aliphatic heterocycles. The lowest BCUT2D eigenvalue weighted by molar-refractivity contribution is -0.689. The molecule has 0 spiro atoms. The number of nitrogens with two attached hydrogens (primary N) is 1. The van der Waals surface area contributed by atoms with Crippen molar-refractivity contribution in [2.45, 2.75) is 70.3 Å². The topological polar surface area (TPSA) is 66.0 Å². The molecule has 3 N–H and O–H groups in total. The lowest BCUT2D eigenvalue weighted by Crippen LogP contribution is -2.90. The van der Waals surface area contributed by atoms with Crippen LogP contribution in [0.1, 0.15) is 64.2 Å². The van der Waals surface area contributed by atoms with Crippen molar-refractivity contribution in [1.82, 2.24) is 0 Å². The molecule has 5 heteroatoms. The standard InChI is InChI=1S/C21H31N3O2/c25-20(14-15-22-17-7-4-2-1-3-5-8-17)23-18-10-12-19(13-11-18)24-16-6-9-21(24)26/h10-13,17,22H,1-9,14-16H2,(H,23,25)/p+1. The molecule has 0 atom stereocenters. The second-order valence-corrected chi connectivity index (χ2v) is 7.62. The predicted octanol–water partition coefficient (Wildman–Crippen LogP) is 2.82. The van der Waals surface area contributed by atoms with Gasteiger partial charge in [-0.3, -0.25) is 9.59 Å². The van der Waals surface area contributed by atoms with E-state index in [0.717, 1.165) is 30.9 Å². The van der Waals surface area contributed by atoms with E-state index in [-0.39, 0.29) is 11.8 Å². The number of nitrogens with zero attached hydrogens (tertiary/aromatic N) is 1. The monoisotopic (exact) mass is 358 g/mol. The molecule has 2 aliphatic rings. The molecule has 1 saturated heterocycles. The van der Waals surface area contributed by atoms with Crippen LogP contribution >= 0.6 is 0 Å². The van der Waals surface area contributed by atoms with Crippen molar-refractivity contribution in [2.24, 2.45) is 0 Å². The summed E-state index contributed by atoms with van der Waals surface area (Å²) in [6.07, 6.45) is 11.5. The fourth-order valence-corrected chi connectivity index (χ4v) is 4.04. The highest BCUT2D eigenvalue weighted by atomic mass is 16.2. The van der Waals surface area contributed by atoms with Crippen LogP contribution < -0.4 is 15.5 Å². The number of carbonyl (C=O) groups excluding carboxylic acids is 2. The van der Waals surface area contributed by atoms with E-state index < -0.39 is 0 Å². The molecule has 2 fully saturated rings. The van der Waals surface area contributed by atoms with Gasteiger partial charge >= 0.3 is 0 Å². The maximum absolute atomic E-state index is 12.2. The van der Waals surface area contributed by atoms with Crippen molar-refractivity contribution in [2.75, 3.05) is 23.3 Å². The van der Waals surface area contributed by atoms with Crippen LogP contribution in [0.4, 0.5) is 11.4 Å². The summed E-state index contributed by atoms with van der Waals surface area (Å²) in [5, 5.41) is 5.34. The number of benzene rings is 1. The fourth-order valence-electron chi connectivity index (χ4n) is 4.04. The van der Waals surface area contributed by atoms with Crippen molar-refractivity contribution in [3.05, 3.63) is 24.3 Å². The van der Waals surface area contributed by atoms with Gasteiger partial charge in [-0.15, -0.1) is 0 Å². The summed E-state index contributed by atoms with van der Waals surface area (Å²) in [6, 6.07) is 8.30. The maximum Gasteiger partial charge on any atom is 0.230 e. The van der Waals surface area contributed by atoms with Crippen molar-refractivity contribution in [3.8, 4) is 0 Å². The highest BCUT2D eigenvalue weighted by Crippen LogP contribution is 2.23. The molecule has 26 heavy (non-hydrogen) atoms. The summed E-state index contributed by atoms with van der Waals surface area (Å²) in [4.78, 5) is 25.8. The minimum Gasteiger partial charge on any atom is -0.343 e. The van der Waals surface area contributed by atoms with Crippen molar-refractivity contribution >= 4 is 23.2 Å². The fraction of sp³-hybridized carbons (Fsp3) is 0.619. The molecular weight excluding hydrogens is 326 g/mol. The van der Waals surface area contributed by atoms with Gasteiger partial charge in [0.25, 0.3) is 0 Å². The zero-order valence-corrected chi connectivity index (χ0v) is 15.7. The number of amides is 2. The molecule has 0 aromatic heterocycles. The van der Waals surface area contributed by atoms with Gasteiger partial charge in [0.2, 0.25) is 11.8 Å². The van der Waals surface area contributed by atoms with E-state index in [1.807, 2.05) is 29.2 Å². The van der Waals surface area contributed by atoms with Gasteiger partial charge < -0.3 is 15.5 Å². The Morgan fingerprint density at radius 1 is 1.04 bits per heavy atom. The van der Waals surface area contributed by atoms with E-state index in [1.54, 1.807) is 0 Å². The number of quaternary nitrogens is 1. The first-order chi connectivity index (χ1) is 12.7. The summed E-state index contributed by atoms with van der Waals surface area (Å²) in [6.45, 7) is 1.65. The summed E-state index contributed by atoms with van der Waals surface area (Å²) < 4.78 is 0. The van der Waals surface area contributed by atoms with E-state index in [4.69, 9.17) is 0 Å². The lowest BCUT2D eigenvalue weighted by Gasteiger charge is -2.18. The Hall–Kier alpha value is -1.88. The molecule has 1 aromatic carbocycles. The van der Waals surface area contributed by atoms with Gasteiger partial charge in [0.1, 0.15) is 0 Å². The van der Waals surface area contributed by atoms with E-state index in [9.17, 15) is 9.59 Å². The smallest absolute Gasteiger partial charge is 0.230 e. The summed E-state index contributed by atoms with van der Waals surface area (Å²) in [5.41, 5.74) is 1.72. The normalized spacial score (nSPS) is 19.2. The molecule has 142 valence electrons. The van der Waals surface area contributed by atoms with Crippen LogP contribution in [0.25, 0.3) is 0 Å². The Bertz CT molecular complexity index is 592. The van der Waals surface area contributed by atoms with Gasteiger partial charge in [-0.05, 0) is 56.4 Å². The molecule has 2 amide bonds. The average molecular weight is 359 g/mol. The van der Waals surface area contributed by atoms with E-state index >= 15 is 0 Å². The van der Waals surface area contributed by atoms with Crippen LogP contribution in [-0.4, -0.2) is 30.9 Å². The number of carbonyl (C=O) groups is 2. The Balaban J connectivity index is 1.39. The van der Waals surface area contributed by atoms with Gasteiger partial charge in [0, 0.05) is 24.3 Å². The molecule has 1 saturated carbocycles. The molecule has 3 rings (SSSR count). The Labute approximate surface area is 156 Å². The third kappa shape index (κ3) is 5.56. The van der Waals surface area contributed by atoms with Crippen LogP contribution in [0, 0.1) is 0 Å².